The molecule has 0 aliphatic rings. The van der Waals surface area contributed by atoms with Crippen molar-refractivity contribution in [3.8, 4) is 0 Å². The van der Waals surface area contributed by atoms with Gasteiger partial charge >= 0.3 is 6.03 Å². The highest BCUT2D eigenvalue weighted by molar-refractivity contribution is 9.10. The first kappa shape index (κ1) is 16.6. The second-order valence-electron chi connectivity index (χ2n) is 4.79. The predicted octanol–water partition coefficient (Wildman–Crippen LogP) is 3.11. The molecule has 0 fully saturated rings. The van der Waals surface area contributed by atoms with Crippen LogP contribution in [-0.4, -0.2) is 32.7 Å². The van der Waals surface area contributed by atoms with Gasteiger partial charge in [0.05, 0.1) is 11.4 Å². The van der Waals surface area contributed by atoms with E-state index in [0.29, 0.717) is 22.7 Å². The molecule has 2 amide bonds. The first-order chi connectivity index (χ1) is 10.3. The number of carbonyl (C=O) groups excluding carboxylic acids is 1. The Morgan fingerprint density at radius 3 is 2.36 bits per heavy atom. The van der Waals surface area contributed by atoms with E-state index < -0.39 is 9.84 Å². The van der Waals surface area contributed by atoms with Crippen LogP contribution in [0, 0.1) is 0 Å². The Bertz CT molecular complexity index is 768. The van der Waals surface area contributed by atoms with E-state index in [0.717, 1.165) is 6.26 Å². The monoisotopic (exact) mass is 386 g/mol. The Balaban J connectivity index is 1.99. The minimum Gasteiger partial charge on any atom is -0.452 e. The fourth-order valence-electron chi connectivity index (χ4n) is 1.75. The average Bonchev–Trinajstić information content (AvgIpc) is 2.83. The topological polar surface area (TPSA) is 79.6 Å². The molecule has 1 heterocycles. The average molecular weight is 387 g/mol. The molecule has 0 aliphatic heterocycles. The number of hydrogen-bond donors (Lipinski definition) is 1. The van der Waals surface area contributed by atoms with Gasteiger partial charge in [-0.2, -0.15) is 0 Å². The maximum Gasteiger partial charge on any atom is 0.321 e. The number of sulfone groups is 1. The molecule has 0 saturated carbocycles. The van der Waals surface area contributed by atoms with Crippen LogP contribution in [0.15, 0.2) is 50.4 Å². The van der Waals surface area contributed by atoms with Crippen LogP contribution in [0.1, 0.15) is 5.76 Å². The molecule has 1 aromatic carbocycles. The van der Waals surface area contributed by atoms with Gasteiger partial charge in [0.15, 0.2) is 14.5 Å². The third-order valence-corrected chi connectivity index (χ3v) is 4.46. The molecule has 0 unspecified atom stereocenters. The number of nitrogens with zero attached hydrogens (tertiary/aromatic N) is 1. The van der Waals surface area contributed by atoms with E-state index in [-0.39, 0.29) is 10.9 Å². The number of urea groups is 1. The SMILES string of the molecule is CN(Cc1ccc(Br)o1)C(=O)Nc1ccc(S(C)(=O)=O)cc1. The molecule has 2 aromatic rings. The summed E-state index contributed by atoms with van der Waals surface area (Å²) in [6, 6.07) is 9.21. The van der Waals surface area contributed by atoms with Crippen LogP contribution in [0.2, 0.25) is 0 Å². The molecule has 0 radical (unpaired) electrons. The number of benzene rings is 1. The lowest BCUT2D eigenvalue weighted by molar-refractivity contribution is 0.216. The van der Waals surface area contributed by atoms with E-state index in [4.69, 9.17) is 4.42 Å². The Labute approximate surface area is 137 Å². The van der Waals surface area contributed by atoms with Crippen molar-refractivity contribution >= 4 is 37.5 Å². The van der Waals surface area contributed by atoms with Crippen LogP contribution in [-0.2, 0) is 16.4 Å². The van der Waals surface area contributed by atoms with Gasteiger partial charge in [0.2, 0.25) is 0 Å². The van der Waals surface area contributed by atoms with Crippen LogP contribution >= 0.6 is 15.9 Å². The van der Waals surface area contributed by atoms with Crippen LogP contribution in [0.4, 0.5) is 10.5 Å². The van der Waals surface area contributed by atoms with Crippen molar-refractivity contribution < 1.29 is 17.6 Å². The predicted molar refractivity (Wildman–Crippen MR) is 86.4 cm³/mol. The molecule has 6 nitrogen and oxygen atoms in total. The fourth-order valence-corrected chi connectivity index (χ4v) is 2.72. The van der Waals surface area contributed by atoms with Gasteiger partial charge in [0.1, 0.15) is 5.76 Å². The summed E-state index contributed by atoms with van der Waals surface area (Å²) in [6.07, 6.45) is 1.13. The summed E-state index contributed by atoms with van der Waals surface area (Å²) in [7, 11) is -1.61. The van der Waals surface area contributed by atoms with Crippen LogP contribution in [0.3, 0.4) is 0 Å². The lowest BCUT2D eigenvalue weighted by Gasteiger charge is -2.16. The highest BCUT2D eigenvalue weighted by Crippen LogP contribution is 2.17. The van der Waals surface area contributed by atoms with E-state index in [1.807, 2.05) is 0 Å². The minimum atomic E-state index is -3.24. The summed E-state index contributed by atoms with van der Waals surface area (Å²) < 4.78 is 28.7. The number of nitrogens with one attached hydrogen (secondary N) is 1. The van der Waals surface area contributed by atoms with Crippen molar-refractivity contribution in [1.82, 2.24) is 4.90 Å². The normalized spacial score (nSPS) is 11.2. The maximum atomic E-state index is 12.0. The third kappa shape index (κ3) is 4.35. The summed E-state index contributed by atoms with van der Waals surface area (Å²) in [4.78, 5) is 13.7. The van der Waals surface area contributed by atoms with Crippen molar-refractivity contribution in [1.29, 1.82) is 0 Å². The smallest absolute Gasteiger partial charge is 0.321 e. The van der Waals surface area contributed by atoms with Gasteiger partial charge in [0.25, 0.3) is 0 Å². The van der Waals surface area contributed by atoms with E-state index in [9.17, 15) is 13.2 Å². The zero-order valence-corrected chi connectivity index (χ0v) is 14.4. The Kier molecular flexibility index (Phi) is 4.92. The molecule has 1 aromatic heterocycles. The number of rotatable bonds is 4. The summed E-state index contributed by atoms with van der Waals surface area (Å²) in [5.74, 6) is 0.650. The maximum absolute atomic E-state index is 12.0. The standard InChI is InChI=1S/C14H15BrN2O4S/c1-17(9-11-5-8-13(15)21-11)14(18)16-10-3-6-12(7-4-10)22(2,19)20/h3-8H,9H2,1-2H3,(H,16,18). The largest absolute Gasteiger partial charge is 0.452 e. The number of halogens is 1. The zero-order chi connectivity index (χ0) is 16.3. The minimum absolute atomic E-state index is 0.208. The van der Waals surface area contributed by atoms with Crippen LogP contribution in [0.25, 0.3) is 0 Å². The third-order valence-electron chi connectivity index (χ3n) is 2.90. The number of anilines is 1. The van der Waals surface area contributed by atoms with E-state index in [1.54, 1.807) is 31.3 Å². The second-order valence-corrected chi connectivity index (χ2v) is 7.59. The van der Waals surface area contributed by atoms with E-state index in [2.05, 4.69) is 21.2 Å². The number of hydrogen-bond acceptors (Lipinski definition) is 4. The molecule has 2 rings (SSSR count). The number of amides is 2. The van der Waals surface area contributed by atoms with Crippen molar-refractivity contribution in [3.63, 3.8) is 0 Å². The first-order valence-electron chi connectivity index (χ1n) is 6.32. The molecule has 0 spiro atoms. The molecular formula is C14H15BrN2O4S. The van der Waals surface area contributed by atoms with Crippen molar-refractivity contribution in [2.24, 2.45) is 0 Å². The lowest BCUT2D eigenvalue weighted by atomic mass is 10.3. The fraction of sp³-hybridized carbons (Fsp3) is 0.214. The summed E-state index contributed by atoms with van der Waals surface area (Å²) >= 11 is 3.20. The van der Waals surface area contributed by atoms with Crippen LogP contribution in [0.5, 0.6) is 0 Å². The molecule has 1 N–H and O–H groups in total. The van der Waals surface area contributed by atoms with Gasteiger partial charge in [-0.05, 0) is 52.3 Å². The molecule has 0 aliphatic carbocycles. The molecule has 118 valence electrons. The Morgan fingerprint density at radius 2 is 1.86 bits per heavy atom. The Morgan fingerprint density at radius 1 is 1.23 bits per heavy atom. The van der Waals surface area contributed by atoms with E-state index in [1.165, 1.54) is 17.0 Å². The molecule has 0 atom stereocenters. The first-order valence-corrected chi connectivity index (χ1v) is 9.00. The lowest BCUT2D eigenvalue weighted by Crippen LogP contribution is -2.30. The van der Waals surface area contributed by atoms with Gasteiger partial charge in [-0.3, -0.25) is 0 Å². The van der Waals surface area contributed by atoms with Gasteiger partial charge in [-0.1, -0.05) is 0 Å². The summed E-state index contributed by atoms with van der Waals surface area (Å²) in [5, 5.41) is 2.69. The summed E-state index contributed by atoms with van der Waals surface area (Å²) in [5.41, 5.74) is 0.518. The van der Waals surface area contributed by atoms with Crippen LogP contribution < -0.4 is 5.32 Å². The highest BCUT2D eigenvalue weighted by atomic mass is 79.9. The molecule has 22 heavy (non-hydrogen) atoms. The number of furan rings is 1. The summed E-state index contributed by atoms with van der Waals surface area (Å²) in [6.45, 7) is 0.318. The van der Waals surface area contributed by atoms with Gasteiger partial charge in [-0.15, -0.1) is 0 Å². The van der Waals surface area contributed by atoms with Crippen molar-refractivity contribution in [3.05, 3.63) is 46.8 Å². The molecule has 0 bridgehead atoms. The van der Waals surface area contributed by atoms with Crippen molar-refractivity contribution in [2.75, 3.05) is 18.6 Å². The second kappa shape index (κ2) is 6.53. The highest BCUT2D eigenvalue weighted by Gasteiger charge is 2.12. The van der Waals surface area contributed by atoms with Crippen molar-refractivity contribution in [2.45, 2.75) is 11.4 Å². The number of carbonyl (C=O) groups is 1. The Hall–Kier alpha value is -1.80. The molecule has 0 saturated heterocycles. The van der Waals surface area contributed by atoms with Gasteiger partial charge in [-0.25, -0.2) is 13.2 Å². The van der Waals surface area contributed by atoms with Gasteiger partial charge < -0.3 is 14.6 Å². The van der Waals surface area contributed by atoms with E-state index >= 15 is 0 Å². The zero-order valence-electron chi connectivity index (χ0n) is 12.0. The van der Waals surface area contributed by atoms with Gasteiger partial charge in [0, 0.05) is 19.0 Å². The quantitative estimate of drug-likeness (QED) is 0.875. The molecule has 8 heteroatoms. The molecular weight excluding hydrogens is 372 g/mol.